The number of aryl methyl sites for hydroxylation is 1. The molecule has 16 heavy (non-hydrogen) atoms. The summed E-state index contributed by atoms with van der Waals surface area (Å²) in [6.07, 6.45) is 0. The Labute approximate surface area is 94.7 Å². The number of aromatic carboxylic acids is 1. The molecule has 1 aromatic carbocycles. The van der Waals surface area contributed by atoms with Gasteiger partial charge in [-0.25, -0.2) is 4.79 Å². The van der Waals surface area contributed by atoms with Crippen LogP contribution in [0.3, 0.4) is 0 Å². The summed E-state index contributed by atoms with van der Waals surface area (Å²) in [5.74, 6) is -0.777. The van der Waals surface area contributed by atoms with Crippen molar-refractivity contribution in [3.05, 3.63) is 29.3 Å². The maximum absolute atomic E-state index is 11.0. The van der Waals surface area contributed by atoms with E-state index in [-0.39, 0.29) is 11.3 Å². The second kappa shape index (κ2) is 4.53. The topological polar surface area (TPSA) is 55.8 Å². The predicted octanol–water partition coefficient (Wildman–Crippen LogP) is 2.80. The molecule has 4 nitrogen and oxygen atoms in total. The van der Waals surface area contributed by atoms with Crippen LogP contribution in [-0.2, 0) is 4.89 Å². The van der Waals surface area contributed by atoms with Gasteiger partial charge in [-0.2, -0.15) is 4.89 Å². The van der Waals surface area contributed by atoms with Gasteiger partial charge in [-0.3, -0.25) is 0 Å². The lowest BCUT2D eigenvalue weighted by molar-refractivity contribution is -0.275. The van der Waals surface area contributed by atoms with E-state index in [0.29, 0.717) is 0 Å². The number of carboxylic acid groups (broad SMARTS) is 1. The summed E-state index contributed by atoms with van der Waals surface area (Å²) in [5.41, 5.74) is 0.339. The zero-order valence-corrected chi connectivity index (χ0v) is 9.90. The predicted molar refractivity (Wildman–Crippen MR) is 59.6 cm³/mol. The van der Waals surface area contributed by atoms with Crippen molar-refractivity contribution in [3.63, 3.8) is 0 Å². The van der Waals surface area contributed by atoms with Gasteiger partial charge in [0.1, 0.15) is 11.2 Å². The van der Waals surface area contributed by atoms with Crippen LogP contribution in [0.25, 0.3) is 0 Å². The molecule has 0 fully saturated rings. The first kappa shape index (κ1) is 12.5. The van der Waals surface area contributed by atoms with Gasteiger partial charge >= 0.3 is 5.97 Å². The second-order valence-corrected chi connectivity index (χ2v) is 4.54. The number of para-hydroxylation sites is 1. The van der Waals surface area contributed by atoms with Gasteiger partial charge in [0.15, 0.2) is 5.75 Å². The maximum atomic E-state index is 11.0. The Balaban J connectivity index is 2.98. The standard InChI is InChI=1S/C12H16O4/c1-8-6-5-7-9(11(13)14)10(8)15-16-12(2,3)4/h5-7H,1-4H3,(H,13,14). The molecule has 4 heteroatoms. The van der Waals surface area contributed by atoms with Gasteiger partial charge in [0.25, 0.3) is 0 Å². The highest BCUT2D eigenvalue weighted by molar-refractivity contribution is 5.91. The number of carboxylic acids is 1. The third kappa shape index (κ3) is 3.24. The van der Waals surface area contributed by atoms with Gasteiger partial charge in [0, 0.05) is 0 Å². The SMILES string of the molecule is Cc1cccc(C(=O)O)c1OOC(C)(C)C. The van der Waals surface area contributed by atoms with E-state index in [2.05, 4.69) is 0 Å². The van der Waals surface area contributed by atoms with Crippen LogP contribution in [0.1, 0.15) is 36.7 Å². The van der Waals surface area contributed by atoms with Gasteiger partial charge in [0.2, 0.25) is 0 Å². The Morgan fingerprint density at radius 3 is 2.44 bits per heavy atom. The van der Waals surface area contributed by atoms with Crippen molar-refractivity contribution in [2.75, 3.05) is 0 Å². The lowest BCUT2D eigenvalue weighted by Crippen LogP contribution is -2.22. The van der Waals surface area contributed by atoms with E-state index in [0.717, 1.165) is 5.56 Å². The Morgan fingerprint density at radius 2 is 1.94 bits per heavy atom. The third-order valence-corrected chi connectivity index (χ3v) is 1.82. The van der Waals surface area contributed by atoms with Crippen LogP contribution < -0.4 is 4.89 Å². The van der Waals surface area contributed by atoms with Crippen molar-refractivity contribution in [2.45, 2.75) is 33.3 Å². The summed E-state index contributed by atoms with van der Waals surface area (Å²) >= 11 is 0. The molecule has 1 rings (SSSR count). The average molecular weight is 224 g/mol. The first-order valence-electron chi connectivity index (χ1n) is 5.00. The zero-order chi connectivity index (χ0) is 12.3. The summed E-state index contributed by atoms with van der Waals surface area (Å²) in [5, 5.41) is 8.98. The number of benzene rings is 1. The summed E-state index contributed by atoms with van der Waals surface area (Å²) in [6, 6.07) is 4.92. The molecule has 0 aliphatic carbocycles. The molecule has 1 aromatic rings. The van der Waals surface area contributed by atoms with Gasteiger partial charge in [-0.1, -0.05) is 12.1 Å². The second-order valence-electron chi connectivity index (χ2n) is 4.54. The fourth-order valence-corrected chi connectivity index (χ4v) is 1.10. The minimum Gasteiger partial charge on any atom is -0.478 e. The van der Waals surface area contributed by atoms with Gasteiger partial charge in [0.05, 0.1) is 0 Å². The summed E-state index contributed by atoms with van der Waals surface area (Å²) < 4.78 is 0. The van der Waals surface area contributed by atoms with E-state index < -0.39 is 11.6 Å². The van der Waals surface area contributed by atoms with Crippen LogP contribution in [0.15, 0.2) is 18.2 Å². The van der Waals surface area contributed by atoms with Crippen molar-refractivity contribution in [1.29, 1.82) is 0 Å². The molecule has 0 aliphatic heterocycles. The van der Waals surface area contributed by atoms with Gasteiger partial charge < -0.3 is 9.99 Å². The van der Waals surface area contributed by atoms with Crippen molar-refractivity contribution >= 4 is 5.97 Å². The first-order chi connectivity index (χ1) is 7.31. The largest absolute Gasteiger partial charge is 0.478 e. The molecule has 0 radical (unpaired) electrons. The number of rotatable bonds is 3. The van der Waals surface area contributed by atoms with E-state index >= 15 is 0 Å². The molecule has 0 atom stereocenters. The van der Waals surface area contributed by atoms with Crippen LogP contribution in [0, 0.1) is 6.92 Å². The van der Waals surface area contributed by atoms with Crippen LogP contribution in [0.2, 0.25) is 0 Å². The summed E-state index contributed by atoms with van der Waals surface area (Å²) in [4.78, 5) is 21.2. The third-order valence-electron chi connectivity index (χ3n) is 1.82. The average Bonchev–Trinajstić information content (AvgIpc) is 2.13. The van der Waals surface area contributed by atoms with E-state index in [1.165, 1.54) is 6.07 Å². The van der Waals surface area contributed by atoms with Crippen molar-refractivity contribution in [1.82, 2.24) is 0 Å². The Hall–Kier alpha value is -1.55. The molecular weight excluding hydrogens is 208 g/mol. The Morgan fingerprint density at radius 1 is 1.31 bits per heavy atom. The molecule has 0 saturated heterocycles. The van der Waals surface area contributed by atoms with Crippen LogP contribution in [0.4, 0.5) is 0 Å². The van der Waals surface area contributed by atoms with E-state index in [4.69, 9.17) is 14.9 Å². The van der Waals surface area contributed by atoms with Crippen molar-refractivity contribution in [2.24, 2.45) is 0 Å². The molecule has 0 aliphatic rings. The molecule has 1 N–H and O–H groups in total. The molecule has 88 valence electrons. The smallest absolute Gasteiger partial charge is 0.339 e. The number of carbonyl (C=O) groups is 1. The van der Waals surface area contributed by atoms with E-state index in [9.17, 15) is 4.79 Å². The number of hydrogen-bond donors (Lipinski definition) is 1. The quantitative estimate of drug-likeness (QED) is 0.633. The Bertz CT molecular complexity index is 390. The van der Waals surface area contributed by atoms with Crippen molar-refractivity contribution < 1.29 is 19.7 Å². The fourth-order valence-electron chi connectivity index (χ4n) is 1.10. The van der Waals surface area contributed by atoms with Crippen molar-refractivity contribution in [3.8, 4) is 5.75 Å². The lowest BCUT2D eigenvalue weighted by Gasteiger charge is -2.19. The zero-order valence-electron chi connectivity index (χ0n) is 9.90. The summed E-state index contributed by atoms with van der Waals surface area (Å²) in [7, 11) is 0. The molecule has 0 amide bonds. The Kier molecular flexibility index (Phi) is 3.55. The van der Waals surface area contributed by atoms with E-state index in [1.54, 1.807) is 19.1 Å². The minimum absolute atomic E-state index is 0.101. The number of hydrogen-bond acceptors (Lipinski definition) is 3. The first-order valence-corrected chi connectivity index (χ1v) is 5.00. The van der Waals surface area contributed by atoms with E-state index in [1.807, 2.05) is 20.8 Å². The van der Waals surface area contributed by atoms with Crippen LogP contribution in [-0.4, -0.2) is 16.7 Å². The van der Waals surface area contributed by atoms with Gasteiger partial charge in [-0.15, -0.1) is 0 Å². The monoisotopic (exact) mass is 224 g/mol. The fraction of sp³-hybridized carbons (Fsp3) is 0.417. The molecular formula is C12H16O4. The molecule has 0 bridgehead atoms. The highest BCUT2D eigenvalue weighted by atomic mass is 17.2. The van der Waals surface area contributed by atoms with Gasteiger partial charge in [-0.05, 0) is 39.3 Å². The normalized spacial score (nSPS) is 11.2. The molecule has 0 aromatic heterocycles. The molecule has 0 spiro atoms. The highest BCUT2D eigenvalue weighted by Crippen LogP contribution is 2.25. The maximum Gasteiger partial charge on any atom is 0.339 e. The summed E-state index contributed by atoms with van der Waals surface area (Å²) in [6.45, 7) is 7.25. The molecule has 0 saturated carbocycles. The van der Waals surface area contributed by atoms with Crippen LogP contribution in [0.5, 0.6) is 5.75 Å². The molecule has 0 heterocycles. The van der Waals surface area contributed by atoms with Crippen LogP contribution >= 0.6 is 0 Å². The highest BCUT2D eigenvalue weighted by Gasteiger charge is 2.18. The lowest BCUT2D eigenvalue weighted by atomic mass is 10.1. The molecule has 0 unspecified atom stereocenters. The minimum atomic E-state index is -1.03.